The summed E-state index contributed by atoms with van der Waals surface area (Å²) in [5, 5.41) is 1.66. The minimum absolute atomic E-state index is 0.00632. The number of ether oxygens (including phenoxy) is 1. The zero-order valence-electron chi connectivity index (χ0n) is 19.0. The fourth-order valence-corrected chi connectivity index (χ4v) is 4.32. The Balaban J connectivity index is 2.53. The molecule has 158 valence electrons. The molecule has 2 atom stereocenters. The number of esters is 1. The number of carbonyl (C=O) groups is 1. The summed E-state index contributed by atoms with van der Waals surface area (Å²) in [4.78, 5) is 18.7. The second kappa shape index (κ2) is 7.90. The Morgan fingerprint density at radius 1 is 1.21 bits per heavy atom. The lowest BCUT2D eigenvalue weighted by atomic mass is 9.72. The molecule has 0 amide bonds. The molecule has 0 saturated carbocycles. The second-order valence-electron chi connectivity index (χ2n) is 10.2. The Morgan fingerprint density at radius 2 is 1.79 bits per heavy atom. The van der Waals surface area contributed by atoms with Crippen molar-refractivity contribution in [2.75, 3.05) is 7.11 Å². The highest BCUT2D eigenvalue weighted by atomic mass is 28.4. The van der Waals surface area contributed by atoms with Gasteiger partial charge < -0.3 is 9.26 Å². The summed E-state index contributed by atoms with van der Waals surface area (Å²) in [6, 6.07) is 10.3. The van der Waals surface area contributed by atoms with Gasteiger partial charge in [-0.1, -0.05) is 56.3 Å². The van der Waals surface area contributed by atoms with Crippen LogP contribution in [0.15, 0.2) is 30.3 Å². The molecule has 0 aliphatic carbocycles. The maximum Gasteiger partial charge on any atom is 0.307 e. The molecule has 28 heavy (non-hydrogen) atoms. The molecular formula is C22H37NO4Si. The van der Waals surface area contributed by atoms with E-state index in [9.17, 15) is 4.79 Å². The first-order valence-corrected chi connectivity index (χ1v) is 12.9. The van der Waals surface area contributed by atoms with Gasteiger partial charge in [0.15, 0.2) is 0 Å². The summed E-state index contributed by atoms with van der Waals surface area (Å²) < 4.78 is 11.7. The number of nitrogens with zero attached hydrogens (tertiary/aromatic N) is 1. The molecule has 1 heterocycles. The Bertz CT molecular complexity index is 684. The maximum atomic E-state index is 12.4. The first kappa shape index (κ1) is 23.1. The molecule has 1 aromatic rings. The first-order valence-electron chi connectivity index (χ1n) is 10.0. The van der Waals surface area contributed by atoms with Crippen molar-refractivity contribution in [2.45, 2.75) is 89.6 Å². The maximum absolute atomic E-state index is 12.4. The number of hydrogen-bond acceptors (Lipinski definition) is 5. The van der Waals surface area contributed by atoms with E-state index in [0.717, 1.165) is 6.42 Å². The molecule has 5 nitrogen and oxygen atoms in total. The number of carbonyl (C=O) groups excluding carboxylic acids is 1. The topological polar surface area (TPSA) is 48.0 Å². The van der Waals surface area contributed by atoms with Crippen LogP contribution in [0, 0.1) is 0 Å². The van der Waals surface area contributed by atoms with Gasteiger partial charge in [0.2, 0.25) is 8.32 Å². The molecule has 0 unspecified atom stereocenters. The Labute approximate surface area is 171 Å². The predicted molar refractivity (Wildman–Crippen MR) is 114 cm³/mol. The van der Waals surface area contributed by atoms with E-state index < -0.39 is 19.5 Å². The smallest absolute Gasteiger partial charge is 0.307 e. The van der Waals surface area contributed by atoms with Gasteiger partial charge in [0.25, 0.3) is 0 Å². The predicted octanol–water partition coefficient (Wildman–Crippen LogP) is 5.44. The van der Waals surface area contributed by atoms with Crippen LogP contribution in [-0.2, 0) is 18.9 Å². The second-order valence-corrected chi connectivity index (χ2v) is 14.9. The lowest BCUT2D eigenvalue weighted by Crippen LogP contribution is -2.63. The van der Waals surface area contributed by atoms with Gasteiger partial charge in [0.1, 0.15) is 0 Å². The van der Waals surface area contributed by atoms with Crippen molar-refractivity contribution < 1.29 is 18.9 Å². The normalized spacial score (nSPS) is 26.1. The molecule has 0 aromatic heterocycles. The lowest BCUT2D eigenvalue weighted by molar-refractivity contribution is -0.435. The molecule has 2 rings (SSSR count). The Morgan fingerprint density at radius 3 is 2.29 bits per heavy atom. The van der Waals surface area contributed by atoms with E-state index >= 15 is 0 Å². The number of methoxy groups -OCH3 is 1. The minimum atomic E-state index is -2.19. The van der Waals surface area contributed by atoms with Crippen molar-refractivity contribution in [3.63, 3.8) is 0 Å². The minimum Gasteiger partial charge on any atom is -0.469 e. The fraction of sp³-hybridized carbons (Fsp3) is 0.682. The molecular weight excluding hydrogens is 370 g/mol. The van der Waals surface area contributed by atoms with Crippen molar-refractivity contribution in [1.82, 2.24) is 5.23 Å². The quantitative estimate of drug-likeness (QED) is 0.480. The van der Waals surface area contributed by atoms with Crippen molar-refractivity contribution in [3.8, 4) is 0 Å². The van der Waals surface area contributed by atoms with Crippen LogP contribution < -0.4 is 0 Å². The van der Waals surface area contributed by atoms with Crippen LogP contribution in [0.1, 0.15) is 65.9 Å². The highest BCUT2D eigenvalue weighted by Crippen LogP contribution is 2.49. The van der Waals surface area contributed by atoms with Gasteiger partial charge >= 0.3 is 5.97 Å². The van der Waals surface area contributed by atoms with Crippen molar-refractivity contribution in [3.05, 3.63) is 35.9 Å². The van der Waals surface area contributed by atoms with Gasteiger partial charge in [0.05, 0.1) is 24.7 Å². The van der Waals surface area contributed by atoms with E-state index in [1.54, 1.807) is 5.23 Å². The summed E-state index contributed by atoms with van der Waals surface area (Å²) in [5.41, 5.74) is 0.0759. The molecule has 1 aliphatic rings. The third-order valence-electron chi connectivity index (χ3n) is 6.24. The van der Waals surface area contributed by atoms with E-state index in [1.165, 1.54) is 12.7 Å². The Kier molecular flexibility index (Phi) is 6.51. The van der Waals surface area contributed by atoms with E-state index in [4.69, 9.17) is 14.1 Å². The van der Waals surface area contributed by atoms with Crippen LogP contribution in [0.2, 0.25) is 18.1 Å². The zero-order valence-corrected chi connectivity index (χ0v) is 20.0. The summed E-state index contributed by atoms with van der Waals surface area (Å²) in [5.74, 6) is -0.211. The van der Waals surface area contributed by atoms with Crippen molar-refractivity contribution in [2.24, 2.45) is 0 Å². The summed E-state index contributed by atoms with van der Waals surface area (Å²) in [6.45, 7) is 17.2. The standard InChI is InChI=1S/C22H37NO4Si/c1-20(2,3)28(8,9)27-23-22(6,16-19(24)25-7)18(15-21(4,5)26-23)17-13-11-10-12-14-17/h10-14,18H,15-16H2,1-9H3/t18-,22+/m1/s1. The zero-order chi connectivity index (χ0) is 21.4. The monoisotopic (exact) mass is 407 g/mol. The fourth-order valence-electron chi connectivity index (χ4n) is 3.39. The van der Waals surface area contributed by atoms with Gasteiger partial charge in [0, 0.05) is 5.92 Å². The molecule has 0 radical (unpaired) electrons. The summed E-state index contributed by atoms with van der Waals surface area (Å²) in [6.07, 6.45) is 0.968. The third-order valence-corrected chi connectivity index (χ3v) is 10.5. The largest absolute Gasteiger partial charge is 0.469 e. The number of hydrogen-bond donors (Lipinski definition) is 0. The molecule has 6 heteroatoms. The van der Waals surface area contributed by atoms with Crippen molar-refractivity contribution in [1.29, 1.82) is 0 Å². The lowest BCUT2D eigenvalue weighted by Gasteiger charge is -2.55. The van der Waals surface area contributed by atoms with Crippen LogP contribution >= 0.6 is 0 Å². The van der Waals surface area contributed by atoms with Gasteiger partial charge in [-0.2, -0.15) is 0 Å². The Hall–Kier alpha value is -1.21. The SMILES string of the molecule is COC(=O)C[C@@]1(C)[C@@H](c2ccccc2)CC(C)(C)ON1O[Si](C)(C)C(C)(C)C. The average Bonchev–Trinajstić information content (AvgIpc) is 2.57. The highest BCUT2D eigenvalue weighted by Gasteiger charge is 2.55. The van der Waals surface area contributed by atoms with Crippen LogP contribution in [0.5, 0.6) is 0 Å². The van der Waals surface area contributed by atoms with Crippen molar-refractivity contribution >= 4 is 14.3 Å². The average molecular weight is 408 g/mol. The summed E-state index contributed by atoms with van der Waals surface area (Å²) in [7, 11) is -0.760. The molecule has 0 bridgehead atoms. The van der Waals surface area contributed by atoms with Crippen LogP contribution in [-0.4, -0.2) is 37.8 Å². The van der Waals surface area contributed by atoms with Crippen LogP contribution in [0.3, 0.4) is 0 Å². The van der Waals surface area contributed by atoms with Crippen LogP contribution in [0.4, 0.5) is 0 Å². The van der Waals surface area contributed by atoms with E-state index in [0.29, 0.717) is 0 Å². The molecule has 0 spiro atoms. The summed E-state index contributed by atoms with van der Waals surface area (Å²) >= 11 is 0. The third kappa shape index (κ3) is 4.85. The molecule has 0 N–H and O–H groups in total. The van der Waals surface area contributed by atoms with E-state index in [1.807, 2.05) is 25.1 Å². The van der Waals surface area contributed by atoms with E-state index in [2.05, 4.69) is 59.8 Å². The molecule has 1 aromatic carbocycles. The molecule has 1 aliphatic heterocycles. The molecule has 1 fully saturated rings. The number of benzene rings is 1. The van der Waals surface area contributed by atoms with E-state index in [-0.39, 0.29) is 23.3 Å². The van der Waals surface area contributed by atoms with Gasteiger partial charge in [-0.25, -0.2) is 0 Å². The molecule has 1 saturated heterocycles. The van der Waals surface area contributed by atoms with Gasteiger partial charge in [-0.3, -0.25) is 9.63 Å². The van der Waals surface area contributed by atoms with Gasteiger partial charge in [-0.15, -0.1) is 0 Å². The number of rotatable bonds is 5. The number of hydroxylamine groups is 2. The first-order chi connectivity index (χ1) is 12.7. The highest BCUT2D eigenvalue weighted by molar-refractivity contribution is 6.74. The van der Waals surface area contributed by atoms with Crippen LogP contribution in [0.25, 0.3) is 0 Å². The van der Waals surface area contributed by atoms with Gasteiger partial charge in [-0.05, 0) is 50.9 Å².